The molecule has 0 saturated carbocycles. The van der Waals surface area contributed by atoms with Crippen molar-refractivity contribution in [3.05, 3.63) is 23.8 Å². The SMILES string of the molecule is CCC(C1=CCC(C)C=C1)C(N)CF. The molecule has 0 bridgehead atoms. The lowest BCUT2D eigenvalue weighted by atomic mass is 9.85. The van der Waals surface area contributed by atoms with Crippen molar-refractivity contribution in [2.75, 3.05) is 6.67 Å². The van der Waals surface area contributed by atoms with Gasteiger partial charge in [-0.05, 0) is 24.3 Å². The quantitative estimate of drug-likeness (QED) is 0.737. The molecule has 0 aliphatic heterocycles. The van der Waals surface area contributed by atoms with Gasteiger partial charge in [-0.25, -0.2) is 4.39 Å². The van der Waals surface area contributed by atoms with Gasteiger partial charge in [-0.2, -0.15) is 0 Å². The van der Waals surface area contributed by atoms with Crippen LogP contribution in [-0.4, -0.2) is 12.7 Å². The number of alkyl halides is 1. The summed E-state index contributed by atoms with van der Waals surface area (Å²) < 4.78 is 12.5. The Hall–Kier alpha value is -0.630. The van der Waals surface area contributed by atoms with E-state index in [0.717, 1.165) is 12.8 Å². The normalized spacial score (nSPS) is 25.7. The average molecular weight is 197 g/mol. The Kier molecular flexibility index (Phi) is 4.33. The van der Waals surface area contributed by atoms with Crippen LogP contribution in [0.1, 0.15) is 26.7 Å². The Balaban J connectivity index is 2.66. The molecule has 1 aliphatic carbocycles. The molecule has 0 saturated heterocycles. The summed E-state index contributed by atoms with van der Waals surface area (Å²) in [5.74, 6) is 0.793. The Morgan fingerprint density at radius 2 is 2.36 bits per heavy atom. The van der Waals surface area contributed by atoms with Gasteiger partial charge in [0.05, 0.1) is 0 Å². The molecule has 3 unspecified atom stereocenters. The summed E-state index contributed by atoms with van der Waals surface area (Å²) in [6, 6.07) is -0.343. The maximum atomic E-state index is 12.5. The highest BCUT2D eigenvalue weighted by atomic mass is 19.1. The van der Waals surface area contributed by atoms with Gasteiger partial charge in [-0.3, -0.25) is 0 Å². The summed E-state index contributed by atoms with van der Waals surface area (Å²) in [7, 11) is 0. The molecule has 0 aromatic heterocycles. The summed E-state index contributed by atoms with van der Waals surface area (Å²) in [5, 5.41) is 0. The van der Waals surface area contributed by atoms with Crippen molar-refractivity contribution in [3.63, 3.8) is 0 Å². The van der Waals surface area contributed by atoms with E-state index in [1.807, 2.05) is 0 Å². The first-order valence-corrected chi connectivity index (χ1v) is 5.38. The Bertz CT molecular complexity index is 232. The third kappa shape index (κ3) is 2.68. The van der Waals surface area contributed by atoms with Crippen molar-refractivity contribution in [3.8, 4) is 0 Å². The van der Waals surface area contributed by atoms with Crippen molar-refractivity contribution in [1.29, 1.82) is 0 Å². The summed E-state index contributed by atoms with van der Waals surface area (Å²) in [6.45, 7) is 3.81. The predicted octanol–water partition coefficient (Wildman–Crippen LogP) is 2.83. The van der Waals surface area contributed by atoms with Gasteiger partial charge in [0.15, 0.2) is 0 Å². The predicted molar refractivity (Wildman–Crippen MR) is 58.7 cm³/mol. The van der Waals surface area contributed by atoms with E-state index in [9.17, 15) is 4.39 Å². The fraction of sp³-hybridized carbons (Fsp3) is 0.667. The lowest BCUT2D eigenvalue weighted by molar-refractivity contribution is 0.357. The zero-order valence-corrected chi connectivity index (χ0v) is 9.04. The van der Waals surface area contributed by atoms with Crippen LogP contribution in [0.3, 0.4) is 0 Å². The highest BCUT2D eigenvalue weighted by molar-refractivity contribution is 5.27. The van der Waals surface area contributed by atoms with E-state index < -0.39 is 6.67 Å². The molecule has 2 N–H and O–H groups in total. The lowest BCUT2D eigenvalue weighted by Gasteiger charge is -2.24. The molecule has 0 spiro atoms. The number of rotatable bonds is 4. The molecule has 80 valence electrons. The molecule has 2 heteroatoms. The molecular weight excluding hydrogens is 177 g/mol. The van der Waals surface area contributed by atoms with E-state index in [1.165, 1.54) is 5.57 Å². The van der Waals surface area contributed by atoms with Crippen molar-refractivity contribution in [1.82, 2.24) is 0 Å². The standard InChI is InChI=1S/C12H20FN/c1-3-11(12(14)8-13)10-6-4-9(2)5-7-10/h4,6-7,9,11-12H,3,5,8,14H2,1-2H3. The second-order valence-corrected chi connectivity index (χ2v) is 4.11. The van der Waals surface area contributed by atoms with Gasteiger partial charge in [-0.1, -0.05) is 32.1 Å². The number of allylic oxidation sites excluding steroid dienone is 3. The number of halogens is 1. The molecular formula is C12H20FN. The number of nitrogens with two attached hydrogens (primary N) is 1. The van der Waals surface area contributed by atoms with Crippen LogP contribution in [0.4, 0.5) is 4.39 Å². The molecule has 0 radical (unpaired) electrons. The molecule has 1 aliphatic rings. The molecule has 14 heavy (non-hydrogen) atoms. The highest BCUT2D eigenvalue weighted by Crippen LogP contribution is 2.25. The van der Waals surface area contributed by atoms with Gasteiger partial charge in [0.1, 0.15) is 6.67 Å². The minimum atomic E-state index is -0.431. The van der Waals surface area contributed by atoms with Crippen molar-refractivity contribution in [2.24, 2.45) is 17.6 Å². The van der Waals surface area contributed by atoms with E-state index in [2.05, 4.69) is 32.1 Å². The zero-order chi connectivity index (χ0) is 10.6. The second kappa shape index (κ2) is 5.30. The topological polar surface area (TPSA) is 26.0 Å². The summed E-state index contributed by atoms with van der Waals surface area (Å²) in [4.78, 5) is 0. The van der Waals surface area contributed by atoms with Gasteiger partial charge in [0.25, 0.3) is 0 Å². The molecule has 0 aromatic carbocycles. The van der Waals surface area contributed by atoms with Gasteiger partial charge >= 0.3 is 0 Å². The van der Waals surface area contributed by atoms with Crippen LogP contribution >= 0.6 is 0 Å². The van der Waals surface area contributed by atoms with Crippen molar-refractivity contribution < 1.29 is 4.39 Å². The van der Waals surface area contributed by atoms with Crippen LogP contribution in [0.2, 0.25) is 0 Å². The van der Waals surface area contributed by atoms with Gasteiger partial charge in [0.2, 0.25) is 0 Å². The average Bonchev–Trinajstić information content (AvgIpc) is 2.21. The molecule has 1 rings (SSSR count). The first-order chi connectivity index (χ1) is 6.69. The van der Waals surface area contributed by atoms with Gasteiger partial charge in [-0.15, -0.1) is 0 Å². The third-order valence-corrected chi connectivity index (χ3v) is 2.91. The monoisotopic (exact) mass is 197 g/mol. The minimum absolute atomic E-state index is 0.184. The maximum absolute atomic E-state index is 12.5. The first kappa shape index (κ1) is 11.4. The molecule has 0 aromatic rings. The zero-order valence-electron chi connectivity index (χ0n) is 9.04. The molecule has 0 heterocycles. The molecule has 0 fully saturated rings. The largest absolute Gasteiger partial charge is 0.325 e. The molecule has 1 nitrogen and oxygen atoms in total. The van der Waals surface area contributed by atoms with Crippen LogP contribution in [0.5, 0.6) is 0 Å². The summed E-state index contributed by atoms with van der Waals surface area (Å²) in [6.07, 6.45) is 8.46. The fourth-order valence-electron chi connectivity index (χ4n) is 1.91. The Morgan fingerprint density at radius 1 is 1.64 bits per heavy atom. The number of hydrogen-bond donors (Lipinski definition) is 1. The van der Waals surface area contributed by atoms with E-state index in [4.69, 9.17) is 5.73 Å². The van der Waals surface area contributed by atoms with Crippen LogP contribution < -0.4 is 5.73 Å². The Labute approximate surface area is 85.9 Å². The minimum Gasteiger partial charge on any atom is -0.325 e. The van der Waals surface area contributed by atoms with Gasteiger partial charge in [0, 0.05) is 12.0 Å². The summed E-state index contributed by atoms with van der Waals surface area (Å²) in [5.41, 5.74) is 6.96. The lowest BCUT2D eigenvalue weighted by Crippen LogP contribution is -2.33. The second-order valence-electron chi connectivity index (χ2n) is 4.11. The van der Waals surface area contributed by atoms with Crippen molar-refractivity contribution >= 4 is 0 Å². The van der Waals surface area contributed by atoms with Crippen LogP contribution in [-0.2, 0) is 0 Å². The Morgan fingerprint density at radius 3 is 2.79 bits per heavy atom. The fourth-order valence-corrected chi connectivity index (χ4v) is 1.91. The van der Waals surface area contributed by atoms with Crippen LogP contribution in [0.25, 0.3) is 0 Å². The van der Waals surface area contributed by atoms with E-state index in [0.29, 0.717) is 5.92 Å². The van der Waals surface area contributed by atoms with Crippen LogP contribution in [0, 0.1) is 11.8 Å². The number of hydrogen-bond acceptors (Lipinski definition) is 1. The summed E-state index contributed by atoms with van der Waals surface area (Å²) >= 11 is 0. The highest BCUT2D eigenvalue weighted by Gasteiger charge is 2.20. The molecule has 3 atom stereocenters. The van der Waals surface area contributed by atoms with Gasteiger partial charge < -0.3 is 5.73 Å². The third-order valence-electron chi connectivity index (χ3n) is 2.91. The molecule has 0 amide bonds. The maximum Gasteiger partial charge on any atom is 0.105 e. The van der Waals surface area contributed by atoms with Crippen LogP contribution in [0.15, 0.2) is 23.8 Å². The van der Waals surface area contributed by atoms with E-state index in [1.54, 1.807) is 0 Å². The van der Waals surface area contributed by atoms with E-state index >= 15 is 0 Å². The smallest absolute Gasteiger partial charge is 0.105 e. The van der Waals surface area contributed by atoms with E-state index in [-0.39, 0.29) is 12.0 Å². The first-order valence-electron chi connectivity index (χ1n) is 5.38. The van der Waals surface area contributed by atoms with Crippen molar-refractivity contribution in [2.45, 2.75) is 32.7 Å².